The molecular weight excluding hydrogens is 675 g/mol. The van der Waals surface area contributed by atoms with Crippen LogP contribution < -0.4 is 4.90 Å². The fourth-order valence-corrected chi connectivity index (χ4v) is 8.76. The number of hydrogen-bond acceptors (Lipinski definition) is 1. The Bertz CT molecular complexity index is 2710. The summed E-state index contributed by atoms with van der Waals surface area (Å²) in [6.45, 7) is 0. The van der Waals surface area contributed by atoms with Crippen LogP contribution in [0.25, 0.3) is 44.5 Å². The van der Waals surface area contributed by atoms with E-state index in [4.69, 9.17) is 0 Å². The van der Waals surface area contributed by atoms with Gasteiger partial charge in [-0.15, -0.1) is 0 Å². The highest BCUT2D eigenvalue weighted by Crippen LogP contribution is 2.56. The summed E-state index contributed by atoms with van der Waals surface area (Å²) in [5.74, 6) is 0. The van der Waals surface area contributed by atoms with E-state index in [9.17, 15) is 0 Å². The molecule has 0 radical (unpaired) electrons. The second-order valence-corrected chi connectivity index (χ2v) is 14.5. The Morgan fingerprint density at radius 1 is 0.250 bits per heavy atom. The van der Waals surface area contributed by atoms with Gasteiger partial charge in [-0.05, 0) is 103 Å². The summed E-state index contributed by atoms with van der Waals surface area (Å²) >= 11 is 0. The molecule has 0 saturated carbocycles. The van der Waals surface area contributed by atoms with Crippen LogP contribution in [0.15, 0.2) is 237 Å². The zero-order chi connectivity index (χ0) is 37.3. The van der Waals surface area contributed by atoms with Crippen molar-refractivity contribution in [1.82, 2.24) is 0 Å². The predicted molar refractivity (Wildman–Crippen MR) is 235 cm³/mol. The first kappa shape index (κ1) is 33.4. The van der Waals surface area contributed by atoms with Crippen LogP contribution in [-0.4, -0.2) is 0 Å². The Labute approximate surface area is 329 Å². The molecule has 0 atom stereocenters. The van der Waals surface area contributed by atoms with Gasteiger partial charge in [-0.25, -0.2) is 0 Å². The van der Waals surface area contributed by atoms with Crippen molar-refractivity contribution in [2.24, 2.45) is 0 Å². The summed E-state index contributed by atoms with van der Waals surface area (Å²) in [5, 5.41) is 0. The molecule has 9 aromatic carbocycles. The van der Waals surface area contributed by atoms with E-state index in [0.717, 1.165) is 17.1 Å². The SMILES string of the molecule is c1ccc(-c2ccc(-c3ccc(N(c4ccc(-c5ccccc5)cc4)c4cccc(C5(c6ccccc6)c6ccccc6-c6ccccc65)c4)cc3)cc2)cc1. The third-order valence-electron chi connectivity index (χ3n) is 11.4. The van der Waals surface area contributed by atoms with Crippen LogP contribution in [0, 0.1) is 0 Å². The van der Waals surface area contributed by atoms with Gasteiger partial charge in [0.05, 0.1) is 5.41 Å². The highest BCUT2D eigenvalue weighted by molar-refractivity contribution is 5.87. The second kappa shape index (κ2) is 14.2. The molecule has 0 unspecified atom stereocenters. The minimum Gasteiger partial charge on any atom is -0.310 e. The predicted octanol–water partition coefficient (Wildman–Crippen LogP) is 14.5. The molecule has 0 aromatic heterocycles. The van der Waals surface area contributed by atoms with Gasteiger partial charge < -0.3 is 4.90 Å². The molecule has 0 aliphatic heterocycles. The highest BCUT2D eigenvalue weighted by atomic mass is 15.1. The van der Waals surface area contributed by atoms with Crippen molar-refractivity contribution in [2.45, 2.75) is 5.41 Å². The van der Waals surface area contributed by atoms with Gasteiger partial charge in [0.1, 0.15) is 0 Å². The largest absolute Gasteiger partial charge is 0.310 e. The summed E-state index contributed by atoms with van der Waals surface area (Å²) in [5.41, 5.74) is 17.7. The molecule has 0 N–H and O–H groups in total. The van der Waals surface area contributed by atoms with Gasteiger partial charge in [0.25, 0.3) is 0 Å². The Hall–Kier alpha value is -7.22. The summed E-state index contributed by atoms with van der Waals surface area (Å²) < 4.78 is 0. The molecule has 9 aromatic rings. The van der Waals surface area contributed by atoms with Gasteiger partial charge in [-0.3, -0.25) is 0 Å². The molecule has 0 spiro atoms. The van der Waals surface area contributed by atoms with Gasteiger partial charge in [0.2, 0.25) is 0 Å². The number of rotatable bonds is 8. The summed E-state index contributed by atoms with van der Waals surface area (Å²) in [6.07, 6.45) is 0. The van der Waals surface area contributed by atoms with Gasteiger partial charge in [0, 0.05) is 17.1 Å². The molecule has 1 aliphatic carbocycles. The van der Waals surface area contributed by atoms with Crippen molar-refractivity contribution in [2.75, 3.05) is 4.90 Å². The fourth-order valence-electron chi connectivity index (χ4n) is 8.76. The van der Waals surface area contributed by atoms with Crippen molar-refractivity contribution in [3.63, 3.8) is 0 Å². The van der Waals surface area contributed by atoms with Gasteiger partial charge in [-0.1, -0.05) is 200 Å². The van der Waals surface area contributed by atoms with Crippen molar-refractivity contribution in [1.29, 1.82) is 0 Å². The molecule has 1 aliphatic rings. The summed E-state index contributed by atoms with van der Waals surface area (Å²) in [7, 11) is 0. The molecule has 1 heteroatoms. The fraction of sp³-hybridized carbons (Fsp3) is 0.0182. The standard InChI is InChI=1S/C55H39N/c1-4-15-40(16-5-1)42-27-29-43(30-28-42)45-33-37-49(38-34-45)56(48-35-31-44(32-36-48)41-17-6-2-7-18-41)50-22-14-21-47(39-50)55(46-19-8-3-9-20-46)53-25-12-10-23-51(53)52-24-11-13-26-54(52)55/h1-39H. The zero-order valence-electron chi connectivity index (χ0n) is 31.0. The Morgan fingerprint density at radius 3 is 1.07 bits per heavy atom. The highest BCUT2D eigenvalue weighted by Gasteiger charge is 2.46. The topological polar surface area (TPSA) is 3.24 Å². The van der Waals surface area contributed by atoms with Crippen molar-refractivity contribution < 1.29 is 0 Å². The minimum absolute atomic E-state index is 0.483. The quantitative estimate of drug-likeness (QED) is 0.152. The lowest BCUT2D eigenvalue weighted by molar-refractivity contribution is 0.768. The maximum Gasteiger partial charge on any atom is 0.0714 e. The average molecular weight is 714 g/mol. The van der Waals surface area contributed by atoms with E-state index in [1.165, 1.54) is 66.8 Å². The molecule has 0 saturated heterocycles. The van der Waals surface area contributed by atoms with Crippen LogP contribution in [0.4, 0.5) is 17.1 Å². The smallest absolute Gasteiger partial charge is 0.0714 e. The molecule has 10 rings (SSSR count). The maximum absolute atomic E-state index is 2.41. The van der Waals surface area contributed by atoms with Crippen molar-refractivity contribution >= 4 is 17.1 Å². The van der Waals surface area contributed by atoms with E-state index >= 15 is 0 Å². The first-order valence-electron chi connectivity index (χ1n) is 19.3. The van der Waals surface area contributed by atoms with Gasteiger partial charge in [0.15, 0.2) is 0 Å². The number of fused-ring (bicyclic) bond motifs is 3. The summed E-state index contributed by atoms with van der Waals surface area (Å²) in [6, 6.07) is 86.1. The minimum atomic E-state index is -0.483. The Morgan fingerprint density at radius 2 is 0.607 bits per heavy atom. The number of nitrogens with zero attached hydrogens (tertiary/aromatic N) is 1. The summed E-state index contributed by atoms with van der Waals surface area (Å²) in [4.78, 5) is 2.39. The lowest BCUT2D eigenvalue weighted by Crippen LogP contribution is -2.28. The van der Waals surface area contributed by atoms with Crippen LogP contribution in [0.1, 0.15) is 22.3 Å². The molecule has 0 bridgehead atoms. The third-order valence-corrected chi connectivity index (χ3v) is 11.4. The monoisotopic (exact) mass is 713 g/mol. The lowest BCUT2D eigenvalue weighted by atomic mass is 9.67. The van der Waals surface area contributed by atoms with Crippen molar-refractivity contribution in [3.8, 4) is 44.5 Å². The number of hydrogen-bond donors (Lipinski definition) is 0. The van der Waals surface area contributed by atoms with Crippen LogP contribution in [0.2, 0.25) is 0 Å². The van der Waals surface area contributed by atoms with Gasteiger partial charge in [-0.2, -0.15) is 0 Å². The van der Waals surface area contributed by atoms with E-state index in [1.54, 1.807) is 0 Å². The average Bonchev–Trinajstić information content (AvgIpc) is 3.59. The Kier molecular flexibility index (Phi) is 8.46. The Balaban J connectivity index is 1.11. The van der Waals surface area contributed by atoms with E-state index in [2.05, 4.69) is 241 Å². The van der Waals surface area contributed by atoms with Crippen LogP contribution in [0.3, 0.4) is 0 Å². The van der Waals surface area contributed by atoms with Crippen molar-refractivity contribution in [3.05, 3.63) is 259 Å². The molecule has 0 heterocycles. The van der Waals surface area contributed by atoms with Gasteiger partial charge >= 0.3 is 0 Å². The van der Waals surface area contributed by atoms with Crippen LogP contribution in [0.5, 0.6) is 0 Å². The normalized spacial score (nSPS) is 12.4. The maximum atomic E-state index is 2.41. The third kappa shape index (κ3) is 5.73. The van der Waals surface area contributed by atoms with E-state index in [1.807, 2.05) is 0 Å². The number of anilines is 3. The number of benzene rings is 9. The first-order valence-corrected chi connectivity index (χ1v) is 19.3. The van der Waals surface area contributed by atoms with E-state index < -0.39 is 5.41 Å². The van der Waals surface area contributed by atoms with E-state index in [0.29, 0.717) is 0 Å². The second-order valence-electron chi connectivity index (χ2n) is 14.5. The zero-order valence-corrected chi connectivity index (χ0v) is 31.0. The molecular formula is C55H39N. The van der Waals surface area contributed by atoms with E-state index in [-0.39, 0.29) is 0 Å². The lowest BCUT2D eigenvalue weighted by Gasteiger charge is -2.35. The molecule has 56 heavy (non-hydrogen) atoms. The molecule has 264 valence electrons. The molecule has 1 nitrogen and oxygen atoms in total. The van der Waals surface area contributed by atoms with Crippen LogP contribution in [-0.2, 0) is 5.41 Å². The first-order chi connectivity index (χ1) is 27.8. The molecule has 0 fully saturated rings. The van der Waals surface area contributed by atoms with Crippen LogP contribution >= 0.6 is 0 Å². The molecule has 0 amide bonds.